The first-order chi connectivity index (χ1) is 10.6. The Morgan fingerprint density at radius 2 is 1.82 bits per heavy atom. The summed E-state index contributed by atoms with van der Waals surface area (Å²) < 4.78 is 0.453. The molecule has 0 unspecified atom stereocenters. The van der Waals surface area contributed by atoms with Gasteiger partial charge >= 0.3 is 0 Å². The molecule has 0 spiro atoms. The molecule has 1 heterocycles. The maximum Gasteiger partial charge on any atom is 0.270 e. The molecule has 2 aromatic carbocycles. The van der Waals surface area contributed by atoms with Crippen molar-refractivity contribution in [1.82, 2.24) is 0 Å². The minimum absolute atomic E-state index is 0.140. The monoisotopic (exact) mass is 347 g/mol. The van der Waals surface area contributed by atoms with E-state index in [1.165, 1.54) is 28.8 Å². The largest absolute Gasteiger partial charge is 0.508 e. The number of thiocarbonyl (C=S) groups is 1. The zero-order valence-corrected chi connectivity index (χ0v) is 13.6. The number of phenolic OH excluding ortho intramolecular Hbond substituents is 1. The molecule has 1 aliphatic heterocycles. The van der Waals surface area contributed by atoms with Gasteiger partial charge in [-0.3, -0.25) is 9.69 Å². The third-order valence-electron chi connectivity index (χ3n) is 3.09. The molecule has 110 valence electrons. The van der Waals surface area contributed by atoms with Crippen LogP contribution in [0, 0.1) is 0 Å². The zero-order valence-electron chi connectivity index (χ0n) is 11.2. The molecular formula is C16H10ClNO2S2. The molecule has 0 atom stereocenters. The van der Waals surface area contributed by atoms with Gasteiger partial charge in [0, 0.05) is 5.02 Å². The van der Waals surface area contributed by atoms with Crippen molar-refractivity contribution in [2.24, 2.45) is 0 Å². The summed E-state index contributed by atoms with van der Waals surface area (Å²) >= 11 is 12.6. The van der Waals surface area contributed by atoms with E-state index in [1.807, 2.05) is 18.2 Å². The summed E-state index contributed by atoms with van der Waals surface area (Å²) in [7, 11) is 0. The molecule has 3 nitrogen and oxygen atoms in total. The Balaban J connectivity index is 1.95. The summed E-state index contributed by atoms with van der Waals surface area (Å²) in [5, 5.41) is 9.92. The van der Waals surface area contributed by atoms with E-state index in [0.717, 1.165) is 5.56 Å². The molecule has 22 heavy (non-hydrogen) atoms. The Morgan fingerprint density at radius 1 is 1.14 bits per heavy atom. The van der Waals surface area contributed by atoms with Gasteiger partial charge < -0.3 is 5.11 Å². The van der Waals surface area contributed by atoms with E-state index in [-0.39, 0.29) is 11.7 Å². The third-order valence-corrected chi connectivity index (χ3v) is 4.74. The number of anilines is 1. The number of rotatable bonds is 2. The lowest BCUT2D eigenvalue weighted by molar-refractivity contribution is -0.113. The smallest absolute Gasteiger partial charge is 0.270 e. The number of thioether (sulfide) groups is 1. The minimum atomic E-state index is -0.194. The molecule has 0 saturated carbocycles. The second kappa shape index (κ2) is 6.12. The van der Waals surface area contributed by atoms with Crippen LogP contribution in [0.2, 0.25) is 5.02 Å². The molecule has 1 saturated heterocycles. The SMILES string of the molecule is O=C1/C(=C/c2ccccc2Cl)SC(=S)N1c1ccc(O)cc1. The van der Waals surface area contributed by atoms with Gasteiger partial charge in [-0.2, -0.15) is 0 Å². The van der Waals surface area contributed by atoms with Crippen LogP contribution in [-0.2, 0) is 4.79 Å². The van der Waals surface area contributed by atoms with E-state index in [2.05, 4.69) is 0 Å². The lowest BCUT2D eigenvalue weighted by Crippen LogP contribution is -2.27. The standard InChI is InChI=1S/C16H10ClNO2S2/c17-13-4-2-1-3-10(13)9-14-15(20)18(16(21)22-14)11-5-7-12(19)8-6-11/h1-9,19H/b14-9-. The van der Waals surface area contributed by atoms with Crippen LogP contribution in [0.1, 0.15) is 5.56 Å². The number of nitrogens with zero attached hydrogens (tertiary/aromatic N) is 1. The lowest BCUT2D eigenvalue weighted by Gasteiger charge is -2.14. The molecule has 3 rings (SSSR count). The van der Waals surface area contributed by atoms with Gasteiger partial charge in [0.25, 0.3) is 5.91 Å². The summed E-state index contributed by atoms with van der Waals surface area (Å²) in [6.45, 7) is 0. The predicted molar refractivity (Wildman–Crippen MR) is 95.2 cm³/mol. The van der Waals surface area contributed by atoms with Crippen LogP contribution < -0.4 is 4.90 Å². The van der Waals surface area contributed by atoms with Gasteiger partial charge in [-0.1, -0.05) is 53.8 Å². The Labute approximate surface area is 142 Å². The van der Waals surface area contributed by atoms with Crippen molar-refractivity contribution in [2.45, 2.75) is 0 Å². The van der Waals surface area contributed by atoms with Crippen LogP contribution in [0.15, 0.2) is 53.4 Å². The molecule has 6 heteroatoms. The molecule has 0 bridgehead atoms. The maximum atomic E-state index is 12.6. The number of carbonyl (C=O) groups excluding carboxylic acids is 1. The number of benzene rings is 2. The molecule has 0 aliphatic carbocycles. The van der Waals surface area contributed by atoms with E-state index in [4.69, 9.17) is 23.8 Å². The van der Waals surface area contributed by atoms with E-state index in [1.54, 1.807) is 24.3 Å². The quantitative estimate of drug-likeness (QED) is 0.643. The van der Waals surface area contributed by atoms with E-state index < -0.39 is 0 Å². The summed E-state index contributed by atoms with van der Waals surface area (Å²) in [6, 6.07) is 13.7. The number of aromatic hydroxyl groups is 1. The Kier molecular flexibility index (Phi) is 4.20. The average molecular weight is 348 g/mol. The Hall–Kier alpha value is -1.82. The second-order valence-electron chi connectivity index (χ2n) is 4.56. The number of phenols is 1. The Morgan fingerprint density at radius 3 is 2.50 bits per heavy atom. The third kappa shape index (κ3) is 2.88. The van der Waals surface area contributed by atoms with E-state index >= 15 is 0 Å². The maximum absolute atomic E-state index is 12.6. The summed E-state index contributed by atoms with van der Waals surface area (Å²) in [4.78, 5) is 14.5. The number of halogens is 1. The van der Waals surface area contributed by atoms with Crippen LogP contribution in [-0.4, -0.2) is 15.3 Å². The number of hydrogen-bond acceptors (Lipinski definition) is 4. The van der Waals surface area contributed by atoms with Crippen LogP contribution in [0.3, 0.4) is 0 Å². The zero-order chi connectivity index (χ0) is 15.7. The fourth-order valence-corrected chi connectivity index (χ4v) is 3.51. The number of amides is 1. The van der Waals surface area contributed by atoms with Crippen molar-refractivity contribution in [3.05, 3.63) is 64.0 Å². The van der Waals surface area contributed by atoms with E-state index in [9.17, 15) is 9.90 Å². The lowest BCUT2D eigenvalue weighted by atomic mass is 10.2. The predicted octanol–water partition coefficient (Wildman–Crippen LogP) is 4.45. The molecule has 2 aromatic rings. The van der Waals surface area contributed by atoms with Gasteiger partial charge in [0.1, 0.15) is 5.75 Å². The Bertz CT molecular complexity index is 787. The topological polar surface area (TPSA) is 40.5 Å². The van der Waals surface area contributed by atoms with Crippen LogP contribution in [0.25, 0.3) is 6.08 Å². The minimum Gasteiger partial charge on any atom is -0.508 e. The van der Waals surface area contributed by atoms with Gasteiger partial charge in [0.05, 0.1) is 10.6 Å². The first kappa shape index (κ1) is 15.1. The highest BCUT2D eigenvalue weighted by atomic mass is 35.5. The normalized spacial score (nSPS) is 16.6. The van der Waals surface area contributed by atoms with Crippen LogP contribution in [0.4, 0.5) is 5.69 Å². The van der Waals surface area contributed by atoms with Crippen molar-refractivity contribution in [2.75, 3.05) is 4.90 Å². The summed E-state index contributed by atoms with van der Waals surface area (Å²) in [5.41, 5.74) is 1.40. The first-order valence-corrected chi connectivity index (χ1v) is 7.98. The van der Waals surface area contributed by atoms with Crippen molar-refractivity contribution >= 4 is 57.6 Å². The van der Waals surface area contributed by atoms with Gasteiger partial charge in [-0.05, 0) is 42.0 Å². The van der Waals surface area contributed by atoms with Gasteiger partial charge in [0.15, 0.2) is 4.32 Å². The van der Waals surface area contributed by atoms with Crippen molar-refractivity contribution in [1.29, 1.82) is 0 Å². The fourth-order valence-electron chi connectivity index (χ4n) is 2.03. The highest BCUT2D eigenvalue weighted by Crippen LogP contribution is 2.37. The van der Waals surface area contributed by atoms with E-state index in [0.29, 0.717) is 19.9 Å². The van der Waals surface area contributed by atoms with Gasteiger partial charge in [0.2, 0.25) is 0 Å². The molecule has 1 amide bonds. The van der Waals surface area contributed by atoms with Crippen molar-refractivity contribution in [3.63, 3.8) is 0 Å². The molecular weight excluding hydrogens is 338 g/mol. The highest BCUT2D eigenvalue weighted by molar-refractivity contribution is 8.27. The average Bonchev–Trinajstić information content (AvgIpc) is 2.77. The van der Waals surface area contributed by atoms with Crippen molar-refractivity contribution in [3.8, 4) is 5.75 Å². The molecule has 0 radical (unpaired) electrons. The second-order valence-corrected chi connectivity index (χ2v) is 6.64. The summed E-state index contributed by atoms with van der Waals surface area (Å²) in [6.07, 6.45) is 1.74. The highest BCUT2D eigenvalue weighted by Gasteiger charge is 2.33. The van der Waals surface area contributed by atoms with Gasteiger partial charge in [-0.15, -0.1) is 0 Å². The molecule has 1 fully saturated rings. The van der Waals surface area contributed by atoms with Crippen LogP contribution >= 0.6 is 35.6 Å². The van der Waals surface area contributed by atoms with Gasteiger partial charge in [-0.25, -0.2) is 0 Å². The number of carbonyl (C=O) groups is 1. The summed E-state index contributed by atoms with van der Waals surface area (Å²) in [5.74, 6) is -0.0543. The first-order valence-electron chi connectivity index (χ1n) is 6.38. The molecule has 1 N–H and O–H groups in total. The van der Waals surface area contributed by atoms with Crippen molar-refractivity contribution < 1.29 is 9.90 Å². The molecule has 0 aromatic heterocycles. The molecule has 1 aliphatic rings. The number of hydrogen-bond donors (Lipinski definition) is 1. The fraction of sp³-hybridized carbons (Fsp3) is 0. The van der Waals surface area contributed by atoms with Crippen LogP contribution in [0.5, 0.6) is 5.75 Å².